The monoisotopic (exact) mass is 440 g/mol. The third-order valence-electron chi connectivity index (χ3n) is 5.21. The molecule has 0 amide bonds. The zero-order valence-electron chi connectivity index (χ0n) is 18.4. The van der Waals surface area contributed by atoms with Gasteiger partial charge in [0.25, 0.3) is 0 Å². The van der Waals surface area contributed by atoms with E-state index >= 15 is 0 Å². The van der Waals surface area contributed by atoms with Gasteiger partial charge in [0.1, 0.15) is 11.4 Å². The van der Waals surface area contributed by atoms with Crippen LogP contribution in [0.2, 0.25) is 0 Å². The normalized spacial score (nSPS) is 12.6. The van der Waals surface area contributed by atoms with Crippen LogP contribution >= 0.6 is 11.6 Å². The number of halogens is 1. The van der Waals surface area contributed by atoms with Crippen LogP contribution in [0.1, 0.15) is 34.9 Å². The third kappa shape index (κ3) is 5.66. The summed E-state index contributed by atoms with van der Waals surface area (Å²) in [5.41, 5.74) is 7.53. The van der Waals surface area contributed by atoms with Gasteiger partial charge in [-0.15, -0.1) is 11.6 Å². The molecule has 0 saturated carbocycles. The molecule has 1 atom stereocenters. The highest BCUT2D eigenvalue weighted by atomic mass is 35.5. The summed E-state index contributed by atoms with van der Waals surface area (Å²) < 4.78 is 7.69. The lowest BCUT2D eigenvalue weighted by Crippen LogP contribution is -2.27. The van der Waals surface area contributed by atoms with Gasteiger partial charge in [-0.25, -0.2) is 0 Å². The second-order valence-corrected chi connectivity index (χ2v) is 7.92. The third-order valence-corrected chi connectivity index (χ3v) is 5.57. The first kappa shape index (κ1) is 22.8. The lowest BCUT2D eigenvalue weighted by molar-refractivity contribution is 0.233. The van der Waals surface area contributed by atoms with Gasteiger partial charge in [0.2, 0.25) is 0 Å². The molecule has 2 N–H and O–H groups in total. The molecule has 1 heterocycles. The molecule has 1 unspecified atom stereocenters. The van der Waals surface area contributed by atoms with E-state index in [0.717, 1.165) is 6.42 Å². The summed E-state index contributed by atoms with van der Waals surface area (Å²) in [4.78, 5) is 4.69. The molecule has 0 saturated heterocycles. The van der Waals surface area contributed by atoms with E-state index in [-0.39, 0.29) is 11.9 Å². The molecule has 0 spiro atoms. The molecule has 2 aromatic carbocycles. The summed E-state index contributed by atoms with van der Waals surface area (Å²) in [7, 11) is 1.78. The largest absolute Gasteiger partial charge is 0.453 e. The Hall–Kier alpha value is -2.83. The average molecular weight is 441 g/mol. The van der Waals surface area contributed by atoms with Crippen LogP contribution < -0.4 is 10.2 Å². The van der Waals surface area contributed by atoms with Crippen molar-refractivity contribution in [1.82, 2.24) is 15.3 Å². The predicted molar refractivity (Wildman–Crippen MR) is 125 cm³/mol. The summed E-state index contributed by atoms with van der Waals surface area (Å²) in [6.07, 6.45) is 3.19. The first-order valence-electron chi connectivity index (χ1n) is 10.3. The lowest BCUT2D eigenvalue weighted by Gasteiger charge is -2.15. The molecular formula is C24H29ClN4O2. The number of hydroxylamine groups is 1. The summed E-state index contributed by atoms with van der Waals surface area (Å²) in [6.45, 7) is 6.25. The number of rotatable bonds is 8. The summed E-state index contributed by atoms with van der Waals surface area (Å²) in [5.74, 6) is 1.77. The van der Waals surface area contributed by atoms with Crippen LogP contribution in [0.4, 0.5) is 0 Å². The Bertz CT molecular complexity index is 1060. The second-order valence-electron chi connectivity index (χ2n) is 7.62. The summed E-state index contributed by atoms with van der Waals surface area (Å²) >= 11 is 6.24. The molecule has 6 nitrogen and oxygen atoms in total. The van der Waals surface area contributed by atoms with Crippen molar-refractivity contribution in [3.8, 4) is 11.5 Å². The Morgan fingerprint density at radius 1 is 1.26 bits per heavy atom. The first-order chi connectivity index (χ1) is 14.9. The summed E-state index contributed by atoms with van der Waals surface area (Å²) in [5, 5.41) is 14.2. The number of benzene rings is 2. The maximum absolute atomic E-state index is 9.88. The Morgan fingerprint density at radius 3 is 2.74 bits per heavy atom. The molecule has 0 aliphatic rings. The van der Waals surface area contributed by atoms with E-state index in [1.807, 2.05) is 18.2 Å². The number of amidine groups is 1. The molecule has 0 radical (unpaired) electrons. The first-order valence-corrected chi connectivity index (χ1v) is 10.9. The molecule has 31 heavy (non-hydrogen) atoms. The fourth-order valence-electron chi connectivity index (χ4n) is 3.51. The van der Waals surface area contributed by atoms with Crippen molar-refractivity contribution in [2.45, 2.75) is 39.7 Å². The topological polar surface area (TPSA) is 71.7 Å². The van der Waals surface area contributed by atoms with Crippen LogP contribution in [0.3, 0.4) is 0 Å². The number of hydrogen-bond donors (Lipinski definition) is 2. The van der Waals surface area contributed by atoms with Crippen LogP contribution in [0.5, 0.6) is 11.5 Å². The average Bonchev–Trinajstić information content (AvgIpc) is 3.12. The SMILES string of the molecule is CCc1cccc(Oc2cnn(C)c2C(=NC(CCl)Cc2ccc(C)cc2C)NO)c1. The number of hydrogen-bond acceptors (Lipinski definition) is 4. The quantitative estimate of drug-likeness (QED) is 0.224. The van der Waals surface area contributed by atoms with Crippen LogP contribution in [0, 0.1) is 13.8 Å². The van der Waals surface area contributed by atoms with E-state index in [0.29, 0.717) is 29.5 Å². The van der Waals surface area contributed by atoms with Crippen LogP contribution in [0.15, 0.2) is 53.7 Å². The van der Waals surface area contributed by atoms with E-state index in [9.17, 15) is 5.21 Å². The number of aryl methyl sites for hydroxylation is 4. The highest BCUT2D eigenvalue weighted by Gasteiger charge is 2.19. The van der Waals surface area contributed by atoms with Crippen molar-refractivity contribution in [3.63, 3.8) is 0 Å². The van der Waals surface area contributed by atoms with Crippen molar-refractivity contribution in [3.05, 3.63) is 76.6 Å². The van der Waals surface area contributed by atoms with E-state index in [4.69, 9.17) is 21.3 Å². The van der Waals surface area contributed by atoms with Crippen molar-refractivity contribution < 1.29 is 9.94 Å². The van der Waals surface area contributed by atoms with Gasteiger partial charge in [0.05, 0.1) is 12.2 Å². The number of ether oxygens (including phenoxy) is 1. The second kappa shape index (κ2) is 10.5. The van der Waals surface area contributed by atoms with E-state index < -0.39 is 0 Å². The standard InChI is InChI=1S/C24H29ClN4O2/c1-5-18-7-6-8-21(12-18)31-22-15-26-29(4)23(22)24(28-30)27-20(14-25)13-19-10-9-16(2)11-17(19)3/h6-12,15,20,30H,5,13-14H2,1-4H3,(H,27,28). The molecule has 0 aliphatic carbocycles. The zero-order chi connectivity index (χ0) is 22.4. The van der Waals surface area contributed by atoms with E-state index in [1.165, 1.54) is 22.3 Å². The Morgan fingerprint density at radius 2 is 2.06 bits per heavy atom. The molecule has 0 fully saturated rings. The van der Waals surface area contributed by atoms with Gasteiger partial charge in [-0.2, -0.15) is 5.10 Å². The minimum atomic E-state index is -0.233. The van der Waals surface area contributed by atoms with E-state index in [2.05, 4.69) is 55.6 Å². The Kier molecular flexibility index (Phi) is 7.71. The van der Waals surface area contributed by atoms with E-state index in [1.54, 1.807) is 17.9 Å². The Balaban J connectivity index is 1.89. The van der Waals surface area contributed by atoms with Crippen LogP contribution in [0.25, 0.3) is 0 Å². The molecule has 3 rings (SSSR count). The smallest absolute Gasteiger partial charge is 0.176 e. The molecule has 0 bridgehead atoms. The highest BCUT2D eigenvalue weighted by Crippen LogP contribution is 2.26. The highest BCUT2D eigenvalue weighted by molar-refractivity contribution is 6.18. The predicted octanol–water partition coefficient (Wildman–Crippen LogP) is 4.97. The minimum absolute atomic E-state index is 0.233. The molecule has 164 valence electrons. The number of aromatic nitrogens is 2. The van der Waals surface area contributed by atoms with Crippen molar-refractivity contribution in [2.75, 3.05) is 5.88 Å². The molecule has 3 aromatic rings. The Labute approximate surface area is 188 Å². The number of nitrogens with one attached hydrogen (secondary N) is 1. The number of nitrogens with zero attached hydrogens (tertiary/aromatic N) is 3. The van der Waals surface area contributed by atoms with Gasteiger partial charge < -0.3 is 4.74 Å². The number of alkyl halides is 1. The number of aliphatic imine (C=N–C) groups is 1. The van der Waals surface area contributed by atoms with Gasteiger partial charge in [-0.1, -0.05) is 42.8 Å². The minimum Gasteiger partial charge on any atom is -0.453 e. The molecule has 1 aromatic heterocycles. The fourth-order valence-corrected chi connectivity index (χ4v) is 3.68. The molecule has 0 aliphatic heterocycles. The zero-order valence-corrected chi connectivity index (χ0v) is 19.1. The molecular weight excluding hydrogens is 412 g/mol. The van der Waals surface area contributed by atoms with Gasteiger partial charge in [0, 0.05) is 12.9 Å². The van der Waals surface area contributed by atoms with Gasteiger partial charge in [0.15, 0.2) is 11.6 Å². The maximum Gasteiger partial charge on any atom is 0.176 e. The van der Waals surface area contributed by atoms with Crippen molar-refractivity contribution in [1.29, 1.82) is 0 Å². The van der Waals surface area contributed by atoms with Crippen LogP contribution in [-0.2, 0) is 19.9 Å². The van der Waals surface area contributed by atoms with Gasteiger partial charge in [-0.3, -0.25) is 20.4 Å². The van der Waals surface area contributed by atoms with Crippen molar-refractivity contribution >= 4 is 17.4 Å². The van der Waals surface area contributed by atoms with Crippen LogP contribution in [-0.4, -0.2) is 32.7 Å². The lowest BCUT2D eigenvalue weighted by atomic mass is 10.00. The van der Waals surface area contributed by atoms with Gasteiger partial charge >= 0.3 is 0 Å². The van der Waals surface area contributed by atoms with Crippen molar-refractivity contribution in [2.24, 2.45) is 12.0 Å². The fraction of sp³-hybridized carbons (Fsp3) is 0.333. The van der Waals surface area contributed by atoms with Gasteiger partial charge in [-0.05, 0) is 55.5 Å². The molecule has 7 heteroatoms. The maximum atomic E-state index is 9.88. The summed E-state index contributed by atoms with van der Waals surface area (Å²) in [6, 6.07) is 14.0.